The van der Waals surface area contributed by atoms with Gasteiger partial charge in [0, 0.05) is 0 Å². The molecule has 1 aliphatic rings. The molecule has 0 spiro atoms. The van der Waals surface area contributed by atoms with Crippen molar-refractivity contribution in [2.24, 2.45) is 17.6 Å². The minimum atomic E-state index is -1.98. The normalized spacial score (nSPS) is 35.0. The van der Waals surface area contributed by atoms with Gasteiger partial charge < -0.3 is 21.1 Å². The Balaban J connectivity index is 3.00. The molecule has 0 radical (unpaired) electrons. The Morgan fingerprint density at radius 2 is 1.67 bits per heavy atom. The van der Waals surface area contributed by atoms with E-state index in [4.69, 9.17) is 21.1 Å². The Hall–Kier alpha value is -1.63. The molecule has 84 valence electrons. The van der Waals surface area contributed by atoms with Crippen molar-refractivity contribution in [2.75, 3.05) is 0 Å². The zero-order chi connectivity index (χ0) is 11.8. The van der Waals surface area contributed by atoms with Crippen LogP contribution in [0.4, 0.5) is 0 Å². The van der Waals surface area contributed by atoms with Crippen molar-refractivity contribution in [2.45, 2.75) is 18.4 Å². The van der Waals surface area contributed by atoms with Gasteiger partial charge in [-0.1, -0.05) is 0 Å². The third kappa shape index (κ3) is 1.78. The molecule has 0 aromatic rings. The number of carbonyl (C=O) groups is 3. The van der Waals surface area contributed by atoms with Crippen molar-refractivity contribution in [3.05, 3.63) is 0 Å². The number of hydrogen-bond acceptors (Lipinski definition) is 4. The van der Waals surface area contributed by atoms with Crippen LogP contribution in [0.15, 0.2) is 0 Å². The van der Waals surface area contributed by atoms with Crippen LogP contribution in [0.3, 0.4) is 0 Å². The minimum absolute atomic E-state index is 0.243. The predicted molar refractivity (Wildman–Crippen MR) is 46.0 cm³/mol. The summed E-state index contributed by atoms with van der Waals surface area (Å²) in [5.74, 6) is -6.42. The van der Waals surface area contributed by atoms with Crippen LogP contribution < -0.4 is 5.73 Å². The fraction of sp³-hybridized carbons (Fsp3) is 0.625. The third-order valence-corrected chi connectivity index (χ3v) is 2.77. The monoisotopic (exact) mass is 217 g/mol. The van der Waals surface area contributed by atoms with Crippen LogP contribution in [-0.2, 0) is 14.4 Å². The van der Waals surface area contributed by atoms with E-state index >= 15 is 0 Å². The van der Waals surface area contributed by atoms with Gasteiger partial charge in [-0.3, -0.25) is 14.4 Å². The molecule has 0 bridgehead atoms. The first kappa shape index (κ1) is 11.4. The largest absolute Gasteiger partial charge is 0.481 e. The zero-order valence-electron chi connectivity index (χ0n) is 7.71. The summed E-state index contributed by atoms with van der Waals surface area (Å²) in [6.07, 6.45) is -0.595. The number of rotatable bonds is 3. The van der Waals surface area contributed by atoms with Gasteiger partial charge in [0.2, 0.25) is 0 Å². The molecule has 0 heterocycles. The highest BCUT2D eigenvalue weighted by Crippen LogP contribution is 2.38. The Morgan fingerprint density at radius 1 is 1.13 bits per heavy atom. The SMILES string of the molecule is N[C@@]1(C(=O)O)C[C@@H](C(=O)O)CC1C(=O)O. The van der Waals surface area contributed by atoms with Gasteiger partial charge in [0.1, 0.15) is 5.54 Å². The van der Waals surface area contributed by atoms with Crippen LogP contribution in [0, 0.1) is 11.8 Å². The van der Waals surface area contributed by atoms with Gasteiger partial charge in [-0.25, -0.2) is 0 Å². The van der Waals surface area contributed by atoms with E-state index in [1.165, 1.54) is 0 Å². The molecule has 7 heteroatoms. The van der Waals surface area contributed by atoms with Crippen LogP contribution >= 0.6 is 0 Å². The molecule has 0 amide bonds. The maximum atomic E-state index is 10.8. The van der Waals surface area contributed by atoms with Crippen LogP contribution in [0.5, 0.6) is 0 Å². The number of nitrogens with two attached hydrogens (primary N) is 1. The van der Waals surface area contributed by atoms with E-state index in [2.05, 4.69) is 0 Å². The van der Waals surface area contributed by atoms with Crippen molar-refractivity contribution in [1.29, 1.82) is 0 Å². The van der Waals surface area contributed by atoms with E-state index in [1.807, 2.05) is 0 Å². The van der Waals surface area contributed by atoms with Crippen molar-refractivity contribution < 1.29 is 29.7 Å². The van der Waals surface area contributed by atoms with Crippen molar-refractivity contribution in [3.63, 3.8) is 0 Å². The lowest BCUT2D eigenvalue weighted by Crippen LogP contribution is -2.53. The van der Waals surface area contributed by atoms with Crippen molar-refractivity contribution in [1.82, 2.24) is 0 Å². The maximum Gasteiger partial charge on any atom is 0.324 e. The Morgan fingerprint density at radius 3 is 1.93 bits per heavy atom. The first-order valence-electron chi connectivity index (χ1n) is 4.27. The van der Waals surface area contributed by atoms with Gasteiger partial charge in [-0.15, -0.1) is 0 Å². The van der Waals surface area contributed by atoms with E-state index in [1.54, 1.807) is 0 Å². The van der Waals surface area contributed by atoms with E-state index in [9.17, 15) is 14.4 Å². The molecule has 1 rings (SSSR count). The molecule has 1 fully saturated rings. The van der Waals surface area contributed by atoms with Crippen molar-refractivity contribution >= 4 is 17.9 Å². The number of carboxylic acids is 3. The second-order valence-corrected chi connectivity index (χ2v) is 3.71. The molecule has 15 heavy (non-hydrogen) atoms. The fourth-order valence-corrected chi connectivity index (χ4v) is 1.87. The third-order valence-electron chi connectivity index (χ3n) is 2.77. The zero-order valence-corrected chi connectivity index (χ0v) is 7.71. The van der Waals surface area contributed by atoms with Gasteiger partial charge in [0.05, 0.1) is 11.8 Å². The highest BCUT2D eigenvalue weighted by molar-refractivity contribution is 5.89. The highest BCUT2D eigenvalue weighted by atomic mass is 16.4. The molecule has 7 nitrogen and oxygen atoms in total. The predicted octanol–water partition coefficient (Wildman–Crippen LogP) is -1.04. The van der Waals surface area contributed by atoms with Gasteiger partial charge in [0.25, 0.3) is 0 Å². The van der Waals surface area contributed by atoms with Crippen LogP contribution in [0.25, 0.3) is 0 Å². The summed E-state index contributed by atoms with van der Waals surface area (Å²) in [5.41, 5.74) is 3.45. The Kier molecular flexibility index (Phi) is 2.67. The summed E-state index contributed by atoms with van der Waals surface area (Å²) in [5, 5.41) is 26.3. The molecule has 0 aliphatic heterocycles. The van der Waals surface area contributed by atoms with Crippen LogP contribution in [0.1, 0.15) is 12.8 Å². The summed E-state index contributed by atoms with van der Waals surface area (Å²) in [4.78, 5) is 32.2. The quantitative estimate of drug-likeness (QED) is 0.473. The fourth-order valence-electron chi connectivity index (χ4n) is 1.87. The summed E-state index contributed by atoms with van der Waals surface area (Å²) < 4.78 is 0. The van der Waals surface area contributed by atoms with Gasteiger partial charge >= 0.3 is 17.9 Å². The minimum Gasteiger partial charge on any atom is -0.481 e. The number of carboxylic acid groups (broad SMARTS) is 3. The van der Waals surface area contributed by atoms with Gasteiger partial charge in [-0.05, 0) is 12.8 Å². The van der Waals surface area contributed by atoms with Crippen LogP contribution in [0.2, 0.25) is 0 Å². The van der Waals surface area contributed by atoms with Gasteiger partial charge in [0.15, 0.2) is 0 Å². The average molecular weight is 217 g/mol. The summed E-state index contributed by atoms with van der Waals surface area (Å²) >= 11 is 0. The molecule has 1 unspecified atom stereocenters. The first-order valence-corrected chi connectivity index (χ1v) is 4.27. The topological polar surface area (TPSA) is 138 Å². The summed E-state index contributed by atoms with van der Waals surface area (Å²) in [6, 6.07) is 0. The molecular weight excluding hydrogens is 206 g/mol. The Labute approximate surface area is 84.5 Å². The van der Waals surface area contributed by atoms with E-state index < -0.39 is 35.3 Å². The summed E-state index contributed by atoms with van der Waals surface area (Å²) in [7, 11) is 0. The molecule has 1 saturated carbocycles. The lowest BCUT2D eigenvalue weighted by atomic mass is 9.88. The molecule has 5 N–H and O–H groups in total. The molecule has 0 saturated heterocycles. The number of aliphatic carboxylic acids is 3. The molecular formula is C8H11NO6. The average Bonchev–Trinajstić information content (AvgIpc) is 2.44. The van der Waals surface area contributed by atoms with Crippen molar-refractivity contribution in [3.8, 4) is 0 Å². The molecule has 3 atom stereocenters. The molecule has 0 aromatic heterocycles. The number of hydrogen-bond donors (Lipinski definition) is 4. The van der Waals surface area contributed by atoms with E-state index in [-0.39, 0.29) is 12.8 Å². The molecule has 0 aromatic carbocycles. The van der Waals surface area contributed by atoms with E-state index in [0.29, 0.717) is 0 Å². The lowest BCUT2D eigenvalue weighted by molar-refractivity contribution is -0.153. The Bertz CT molecular complexity index is 327. The second kappa shape index (κ2) is 3.50. The lowest BCUT2D eigenvalue weighted by Gasteiger charge is -2.22. The maximum absolute atomic E-state index is 10.8. The second-order valence-electron chi connectivity index (χ2n) is 3.71. The van der Waals surface area contributed by atoms with E-state index in [0.717, 1.165) is 0 Å². The standard InChI is InChI=1S/C8H11NO6/c9-8(7(14)15)2-3(5(10)11)1-4(8)6(12)13/h3-4H,1-2,9H2,(H,10,11)(H,12,13)(H,14,15)/t3-,4?,8-/m0/s1. The molecule has 1 aliphatic carbocycles. The van der Waals surface area contributed by atoms with Gasteiger partial charge in [-0.2, -0.15) is 0 Å². The highest BCUT2D eigenvalue weighted by Gasteiger charge is 2.55. The summed E-state index contributed by atoms with van der Waals surface area (Å²) in [6.45, 7) is 0. The smallest absolute Gasteiger partial charge is 0.324 e. The first-order chi connectivity index (χ1) is 6.79. The van der Waals surface area contributed by atoms with Crippen LogP contribution in [-0.4, -0.2) is 38.8 Å².